The van der Waals surface area contributed by atoms with Gasteiger partial charge in [-0.1, -0.05) is 5.92 Å². The largest absolute Gasteiger partial charge is 0.346 e. The van der Waals surface area contributed by atoms with Crippen LogP contribution in [0, 0.1) is 12.3 Å². The van der Waals surface area contributed by atoms with Gasteiger partial charge in [0.25, 0.3) is 0 Å². The number of rotatable bonds is 1. The minimum Gasteiger partial charge on any atom is -0.346 e. The van der Waals surface area contributed by atoms with Crippen molar-refractivity contribution < 1.29 is 14.3 Å². The molecule has 1 aliphatic rings. The van der Waals surface area contributed by atoms with Crippen molar-refractivity contribution >= 4 is 0 Å². The molecule has 0 aromatic carbocycles. The summed E-state index contributed by atoms with van der Waals surface area (Å²) >= 11 is 0. The molecule has 12 heavy (non-hydrogen) atoms. The summed E-state index contributed by atoms with van der Waals surface area (Å²) in [6, 6.07) is 0. The van der Waals surface area contributed by atoms with Gasteiger partial charge in [-0.05, 0) is 13.8 Å². The van der Waals surface area contributed by atoms with Crippen molar-refractivity contribution in [2.45, 2.75) is 25.2 Å². The Labute approximate surface area is 71.9 Å². The van der Waals surface area contributed by atoms with Crippen LogP contribution in [0.15, 0.2) is 0 Å². The first-order chi connectivity index (χ1) is 5.54. The lowest BCUT2D eigenvalue weighted by Gasteiger charge is -2.38. The van der Waals surface area contributed by atoms with Gasteiger partial charge in [-0.3, -0.25) is 4.84 Å². The van der Waals surface area contributed by atoms with E-state index in [4.69, 9.17) is 21.8 Å². The van der Waals surface area contributed by atoms with Crippen LogP contribution in [0.5, 0.6) is 0 Å². The molecule has 0 saturated carbocycles. The summed E-state index contributed by atoms with van der Waals surface area (Å²) in [5.41, 5.74) is -0.921. The van der Waals surface area contributed by atoms with E-state index < -0.39 is 11.4 Å². The maximum absolute atomic E-state index is 5.29. The summed E-state index contributed by atoms with van der Waals surface area (Å²) in [5, 5.41) is 0. The Morgan fingerprint density at radius 3 is 2.25 bits per heavy atom. The zero-order valence-electron chi connectivity index (χ0n) is 7.29. The second kappa shape index (κ2) is 3.04. The predicted molar refractivity (Wildman–Crippen MR) is 42.8 cm³/mol. The van der Waals surface area contributed by atoms with Crippen LogP contribution in [0.2, 0.25) is 0 Å². The van der Waals surface area contributed by atoms with E-state index in [0.29, 0.717) is 0 Å². The molecule has 1 fully saturated rings. The van der Waals surface area contributed by atoms with Gasteiger partial charge in [-0.2, -0.15) is 0 Å². The molecule has 0 atom stereocenters. The first kappa shape index (κ1) is 9.49. The second-order valence-electron chi connectivity index (χ2n) is 3.23. The third-order valence-electron chi connectivity index (χ3n) is 1.79. The van der Waals surface area contributed by atoms with Crippen LogP contribution in [0.3, 0.4) is 0 Å². The molecular formula is C8H13NO3. The van der Waals surface area contributed by atoms with Crippen molar-refractivity contribution in [1.82, 2.24) is 0 Å². The zero-order chi connectivity index (χ0) is 9.24. The minimum atomic E-state index is -0.921. The smallest absolute Gasteiger partial charge is 0.195 e. The molecule has 4 heteroatoms. The van der Waals surface area contributed by atoms with Gasteiger partial charge in [-0.15, -0.1) is 6.42 Å². The molecular weight excluding hydrogens is 158 g/mol. The van der Waals surface area contributed by atoms with Gasteiger partial charge >= 0.3 is 0 Å². The Morgan fingerprint density at radius 2 is 1.92 bits per heavy atom. The van der Waals surface area contributed by atoms with E-state index in [0.717, 1.165) is 0 Å². The topological polar surface area (TPSA) is 53.7 Å². The van der Waals surface area contributed by atoms with E-state index >= 15 is 0 Å². The fourth-order valence-electron chi connectivity index (χ4n) is 0.849. The van der Waals surface area contributed by atoms with Gasteiger partial charge < -0.3 is 9.47 Å². The highest BCUT2D eigenvalue weighted by atomic mass is 16.7. The standard InChI is InChI=1S/C8H13NO3/c1-4-8(12-9)5-10-7(2,3)11-6-8/h1H,5-6,9H2,2-3H3. The van der Waals surface area contributed by atoms with Crippen LogP contribution in [0.1, 0.15) is 13.8 Å². The van der Waals surface area contributed by atoms with Crippen molar-refractivity contribution in [2.24, 2.45) is 5.90 Å². The summed E-state index contributed by atoms with van der Waals surface area (Å²) < 4.78 is 10.6. The molecule has 2 N–H and O–H groups in total. The molecule has 0 unspecified atom stereocenters. The monoisotopic (exact) mass is 171 g/mol. The van der Waals surface area contributed by atoms with Gasteiger partial charge in [0.05, 0.1) is 13.2 Å². The van der Waals surface area contributed by atoms with Crippen LogP contribution >= 0.6 is 0 Å². The molecule has 0 radical (unpaired) electrons. The third-order valence-corrected chi connectivity index (χ3v) is 1.79. The van der Waals surface area contributed by atoms with Crippen molar-refractivity contribution in [3.8, 4) is 12.3 Å². The van der Waals surface area contributed by atoms with Gasteiger partial charge in [0.1, 0.15) is 0 Å². The molecule has 0 amide bonds. The second-order valence-corrected chi connectivity index (χ2v) is 3.23. The highest BCUT2D eigenvalue weighted by molar-refractivity contribution is 5.10. The summed E-state index contributed by atoms with van der Waals surface area (Å²) in [6.45, 7) is 4.13. The van der Waals surface area contributed by atoms with Crippen LogP contribution in [0.4, 0.5) is 0 Å². The molecule has 0 aliphatic carbocycles. The maximum atomic E-state index is 5.29. The molecule has 1 saturated heterocycles. The maximum Gasteiger partial charge on any atom is 0.195 e. The molecule has 68 valence electrons. The molecule has 0 bridgehead atoms. The van der Waals surface area contributed by atoms with Crippen LogP contribution < -0.4 is 5.90 Å². The first-order valence-electron chi connectivity index (χ1n) is 3.67. The Hall–Kier alpha value is -0.600. The van der Waals surface area contributed by atoms with Crippen LogP contribution in [-0.2, 0) is 14.3 Å². The summed E-state index contributed by atoms with van der Waals surface area (Å²) in [7, 11) is 0. The third kappa shape index (κ3) is 1.76. The van der Waals surface area contributed by atoms with Gasteiger partial charge in [0.15, 0.2) is 11.4 Å². The molecule has 0 aromatic heterocycles. The number of hydrogen-bond acceptors (Lipinski definition) is 4. The molecule has 4 nitrogen and oxygen atoms in total. The van der Waals surface area contributed by atoms with Crippen LogP contribution in [0.25, 0.3) is 0 Å². The predicted octanol–water partition coefficient (Wildman–Crippen LogP) is 0.0316. The molecule has 1 rings (SSSR count). The normalized spacial score (nSPS) is 26.2. The lowest BCUT2D eigenvalue weighted by atomic mass is 10.1. The molecule has 0 spiro atoms. The van der Waals surface area contributed by atoms with Crippen LogP contribution in [-0.4, -0.2) is 24.6 Å². The fourth-order valence-corrected chi connectivity index (χ4v) is 0.849. The Balaban J connectivity index is 2.61. The highest BCUT2D eigenvalue weighted by Crippen LogP contribution is 2.24. The van der Waals surface area contributed by atoms with Gasteiger partial charge in [0.2, 0.25) is 0 Å². The van der Waals surface area contributed by atoms with Crippen molar-refractivity contribution in [3.05, 3.63) is 0 Å². The van der Waals surface area contributed by atoms with E-state index in [1.54, 1.807) is 0 Å². The number of nitrogens with two attached hydrogens (primary N) is 1. The number of ether oxygens (including phenoxy) is 2. The van der Waals surface area contributed by atoms with E-state index in [1.807, 2.05) is 13.8 Å². The number of hydrogen-bond donors (Lipinski definition) is 1. The lowest BCUT2D eigenvalue weighted by molar-refractivity contribution is -0.297. The summed E-state index contributed by atoms with van der Waals surface area (Å²) in [6.07, 6.45) is 5.22. The minimum absolute atomic E-state index is 0.257. The lowest BCUT2D eigenvalue weighted by Crippen LogP contribution is -2.53. The molecule has 1 aliphatic heterocycles. The van der Waals surface area contributed by atoms with Crippen molar-refractivity contribution in [1.29, 1.82) is 0 Å². The Kier molecular flexibility index (Phi) is 2.40. The highest BCUT2D eigenvalue weighted by Gasteiger charge is 2.39. The van der Waals surface area contributed by atoms with E-state index in [-0.39, 0.29) is 13.2 Å². The SMILES string of the molecule is C#CC1(ON)COC(C)(C)OC1. The van der Waals surface area contributed by atoms with E-state index in [2.05, 4.69) is 10.8 Å². The number of terminal acetylenes is 1. The first-order valence-corrected chi connectivity index (χ1v) is 3.67. The molecule has 1 heterocycles. The van der Waals surface area contributed by atoms with Crippen molar-refractivity contribution in [2.75, 3.05) is 13.2 Å². The quantitative estimate of drug-likeness (QED) is 0.447. The average Bonchev–Trinajstić information content (AvgIpc) is 2.06. The summed E-state index contributed by atoms with van der Waals surface area (Å²) in [5.74, 6) is 6.84. The molecule has 0 aromatic rings. The van der Waals surface area contributed by atoms with Crippen molar-refractivity contribution in [3.63, 3.8) is 0 Å². The van der Waals surface area contributed by atoms with E-state index in [9.17, 15) is 0 Å². The Morgan fingerprint density at radius 1 is 1.42 bits per heavy atom. The average molecular weight is 171 g/mol. The summed E-state index contributed by atoms with van der Waals surface area (Å²) in [4.78, 5) is 4.64. The van der Waals surface area contributed by atoms with Gasteiger partial charge in [0, 0.05) is 0 Å². The van der Waals surface area contributed by atoms with E-state index in [1.165, 1.54) is 0 Å². The zero-order valence-corrected chi connectivity index (χ0v) is 7.29. The van der Waals surface area contributed by atoms with Gasteiger partial charge in [-0.25, -0.2) is 5.90 Å². The Bertz CT molecular complexity index is 197. The fraction of sp³-hybridized carbons (Fsp3) is 0.750.